The summed E-state index contributed by atoms with van der Waals surface area (Å²) in [4.78, 5) is 0. The Hall–Kier alpha value is -1.81. The normalized spacial score (nSPS) is 15.1. The molecule has 3 N–H and O–H groups in total. The molecule has 3 rings (SSSR count). The van der Waals surface area contributed by atoms with Gasteiger partial charge < -0.3 is 10.8 Å². The van der Waals surface area contributed by atoms with Crippen LogP contribution in [0.1, 0.15) is 30.1 Å². The van der Waals surface area contributed by atoms with Gasteiger partial charge in [0.1, 0.15) is 11.4 Å². The summed E-state index contributed by atoms with van der Waals surface area (Å²) in [6.07, 6.45) is 2.40. The molecule has 0 bridgehead atoms. The summed E-state index contributed by atoms with van der Waals surface area (Å²) in [6.45, 7) is 0.431. The van der Waals surface area contributed by atoms with Crippen molar-refractivity contribution >= 4 is 0 Å². The summed E-state index contributed by atoms with van der Waals surface area (Å²) in [6, 6.07) is 9.30. The van der Waals surface area contributed by atoms with Gasteiger partial charge in [0.2, 0.25) is 0 Å². The standard InChI is InChI=1S/C13H15N3O/c14-8-10-7-12(9-5-6-9)16(15-10)11-3-1-2-4-13(11)17/h1-4,7,9,17H,5-6,8,14H2. The first-order valence-corrected chi connectivity index (χ1v) is 5.87. The number of rotatable bonds is 3. The largest absolute Gasteiger partial charge is 0.506 e. The number of hydrogen-bond acceptors (Lipinski definition) is 3. The molecule has 1 aliphatic rings. The quantitative estimate of drug-likeness (QED) is 0.845. The topological polar surface area (TPSA) is 64.1 Å². The molecule has 2 aromatic rings. The minimum Gasteiger partial charge on any atom is -0.506 e. The Morgan fingerprint density at radius 3 is 2.76 bits per heavy atom. The maximum Gasteiger partial charge on any atom is 0.141 e. The molecule has 0 atom stereocenters. The zero-order valence-corrected chi connectivity index (χ0v) is 9.50. The van der Waals surface area contributed by atoms with Gasteiger partial charge in [-0.3, -0.25) is 0 Å². The second-order valence-corrected chi connectivity index (χ2v) is 4.44. The first-order chi connectivity index (χ1) is 8.29. The van der Waals surface area contributed by atoms with E-state index in [1.54, 1.807) is 6.07 Å². The van der Waals surface area contributed by atoms with Gasteiger partial charge in [-0.1, -0.05) is 12.1 Å². The maximum absolute atomic E-state index is 9.88. The Labute approximate surface area is 99.7 Å². The number of phenolic OH excluding ortho intramolecular Hbond substituents is 1. The van der Waals surface area contributed by atoms with E-state index < -0.39 is 0 Å². The minimum absolute atomic E-state index is 0.251. The van der Waals surface area contributed by atoms with Crippen LogP contribution in [0.15, 0.2) is 30.3 Å². The number of para-hydroxylation sites is 2. The lowest BCUT2D eigenvalue weighted by Crippen LogP contribution is -2.03. The number of aromatic hydroxyl groups is 1. The summed E-state index contributed by atoms with van der Waals surface area (Å²) < 4.78 is 1.83. The van der Waals surface area contributed by atoms with E-state index in [1.807, 2.05) is 28.9 Å². The molecular formula is C13H15N3O. The highest BCUT2D eigenvalue weighted by molar-refractivity contribution is 5.46. The predicted octanol–water partition coefficient (Wildman–Crippen LogP) is 1.91. The summed E-state index contributed by atoms with van der Waals surface area (Å²) >= 11 is 0. The van der Waals surface area contributed by atoms with Crippen LogP contribution in [0.25, 0.3) is 5.69 Å². The van der Waals surface area contributed by atoms with Gasteiger partial charge in [-0.05, 0) is 31.0 Å². The van der Waals surface area contributed by atoms with Crippen molar-refractivity contribution in [2.24, 2.45) is 5.73 Å². The molecule has 4 nitrogen and oxygen atoms in total. The monoisotopic (exact) mass is 229 g/mol. The Morgan fingerprint density at radius 1 is 1.35 bits per heavy atom. The molecular weight excluding hydrogens is 214 g/mol. The fourth-order valence-electron chi connectivity index (χ4n) is 2.05. The van der Waals surface area contributed by atoms with Gasteiger partial charge in [0.05, 0.1) is 5.69 Å². The second-order valence-electron chi connectivity index (χ2n) is 4.44. The van der Waals surface area contributed by atoms with E-state index >= 15 is 0 Å². The first kappa shape index (κ1) is 10.4. The van der Waals surface area contributed by atoms with Crippen molar-refractivity contribution in [3.63, 3.8) is 0 Å². The summed E-state index contributed by atoms with van der Waals surface area (Å²) in [5.74, 6) is 0.823. The molecule has 1 fully saturated rings. The van der Waals surface area contributed by atoms with Crippen molar-refractivity contribution < 1.29 is 5.11 Å². The first-order valence-electron chi connectivity index (χ1n) is 5.87. The fourth-order valence-corrected chi connectivity index (χ4v) is 2.05. The van der Waals surface area contributed by atoms with E-state index in [-0.39, 0.29) is 5.75 Å². The molecule has 17 heavy (non-hydrogen) atoms. The van der Waals surface area contributed by atoms with Gasteiger partial charge in [-0.25, -0.2) is 4.68 Å². The van der Waals surface area contributed by atoms with Crippen LogP contribution in [0.2, 0.25) is 0 Å². The van der Waals surface area contributed by atoms with Crippen LogP contribution in [0, 0.1) is 0 Å². The number of nitrogens with zero attached hydrogens (tertiary/aromatic N) is 2. The van der Waals surface area contributed by atoms with E-state index in [2.05, 4.69) is 5.10 Å². The van der Waals surface area contributed by atoms with Gasteiger partial charge in [-0.2, -0.15) is 5.10 Å². The summed E-state index contributed by atoms with van der Waals surface area (Å²) in [5.41, 5.74) is 8.39. The molecule has 0 aliphatic heterocycles. The molecule has 1 saturated carbocycles. The number of benzene rings is 1. The van der Waals surface area contributed by atoms with Crippen LogP contribution >= 0.6 is 0 Å². The zero-order chi connectivity index (χ0) is 11.8. The highest BCUT2D eigenvalue weighted by Crippen LogP contribution is 2.41. The van der Waals surface area contributed by atoms with Crippen LogP contribution in [-0.2, 0) is 6.54 Å². The van der Waals surface area contributed by atoms with Crippen molar-refractivity contribution in [2.45, 2.75) is 25.3 Å². The van der Waals surface area contributed by atoms with E-state index in [4.69, 9.17) is 5.73 Å². The van der Waals surface area contributed by atoms with Crippen molar-refractivity contribution in [1.82, 2.24) is 9.78 Å². The third-order valence-electron chi connectivity index (χ3n) is 3.10. The van der Waals surface area contributed by atoms with Crippen LogP contribution < -0.4 is 5.73 Å². The van der Waals surface area contributed by atoms with Crippen LogP contribution in [0.5, 0.6) is 5.75 Å². The Morgan fingerprint density at radius 2 is 2.12 bits per heavy atom. The average molecular weight is 229 g/mol. The Bertz CT molecular complexity index is 543. The molecule has 0 radical (unpaired) electrons. The molecule has 4 heteroatoms. The highest BCUT2D eigenvalue weighted by atomic mass is 16.3. The molecule has 1 aromatic carbocycles. The molecule has 0 saturated heterocycles. The SMILES string of the molecule is NCc1cc(C2CC2)n(-c2ccccc2O)n1. The molecule has 0 amide bonds. The van der Waals surface area contributed by atoms with Crippen molar-refractivity contribution in [1.29, 1.82) is 0 Å². The molecule has 88 valence electrons. The van der Waals surface area contributed by atoms with Crippen LogP contribution in [-0.4, -0.2) is 14.9 Å². The van der Waals surface area contributed by atoms with E-state index in [0.29, 0.717) is 12.5 Å². The van der Waals surface area contributed by atoms with E-state index in [9.17, 15) is 5.11 Å². The third kappa shape index (κ3) is 1.80. The zero-order valence-electron chi connectivity index (χ0n) is 9.50. The molecule has 1 aromatic heterocycles. The maximum atomic E-state index is 9.88. The molecule has 0 spiro atoms. The fraction of sp³-hybridized carbons (Fsp3) is 0.308. The van der Waals surface area contributed by atoms with Gasteiger partial charge in [0.15, 0.2) is 0 Å². The molecule has 1 aliphatic carbocycles. The third-order valence-corrected chi connectivity index (χ3v) is 3.10. The van der Waals surface area contributed by atoms with Gasteiger partial charge in [-0.15, -0.1) is 0 Å². The minimum atomic E-state index is 0.251. The molecule has 1 heterocycles. The van der Waals surface area contributed by atoms with Gasteiger partial charge in [0, 0.05) is 18.2 Å². The highest BCUT2D eigenvalue weighted by Gasteiger charge is 2.28. The van der Waals surface area contributed by atoms with Gasteiger partial charge >= 0.3 is 0 Å². The number of phenols is 1. The summed E-state index contributed by atoms with van der Waals surface area (Å²) in [7, 11) is 0. The van der Waals surface area contributed by atoms with Crippen molar-refractivity contribution in [3.05, 3.63) is 41.7 Å². The van der Waals surface area contributed by atoms with Gasteiger partial charge in [0.25, 0.3) is 0 Å². The predicted molar refractivity (Wildman–Crippen MR) is 65.1 cm³/mol. The van der Waals surface area contributed by atoms with E-state index in [1.165, 1.54) is 12.8 Å². The van der Waals surface area contributed by atoms with E-state index in [0.717, 1.165) is 17.1 Å². The lowest BCUT2D eigenvalue weighted by atomic mass is 10.2. The summed E-state index contributed by atoms with van der Waals surface area (Å²) in [5, 5.41) is 14.3. The smallest absolute Gasteiger partial charge is 0.141 e. The van der Waals surface area contributed by atoms with Crippen LogP contribution in [0.4, 0.5) is 0 Å². The second kappa shape index (κ2) is 3.89. The number of aromatic nitrogens is 2. The Kier molecular flexibility index (Phi) is 2.37. The number of hydrogen-bond donors (Lipinski definition) is 2. The lowest BCUT2D eigenvalue weighted by Gasteiger charge is -2.08. The molecule has 0 unspecified atom stereocenters. The van der Waals surface area contributed by atoms with Crippen molar-refractivity contribution in [3.8, 4) is 11.4 Å². The Balaban J connectivity index is 2.12. The average Bonchev–Trinajstić information content (AvgIpc) is 3.10. The van der Waals surface area contributed by atoms with Crippen LogP contribution in [0.3, 0.4) is 0 Å². The van der Waals surface area contributed by atoms with Crippen molar-refractivity contribution in [2.75, 3.05) is 0 Å². The lowest BCUT2D eigenvalue weighted by molar-refractivity contribution is 0.469. The number of nitrogens with two attached hydrogens (primary N) is 1.